The first-order valence-corrected chi connectivity index (χ1v) is 15.2. The summed E-state index contributed by atoms with van der Waals surface area (Å²) in [4.78, 5) is 7.05. The lowest BCUT2D eigenvalue weighted by atomic mass is 10.0. The number of sulfonamides is 2. The summed E-state index contributed by atoms with van der Waals surface area (Å²) < 4.78 is 56.4. The summed E-state index contributed by atoms with van der Waals surface area (Å²) in [5, 5.41) is 0.903. The molecular formula is C23H28N4O4S3. The van der Waals surface area contributed by atoms with E-state index in [4.69, 9.17) is 0 Å². The number of para-hydroxylation sites is 1. The number of piperidine rings is 1. The van der Waals surface area contributed by atoms with Crippen LogP contribution in [0, 0.1) is 5.92 Å². The van der Waals surface area contributed by atoms with Gasteiger partial charge in [0.25, 0.3) is 0 Å². The van der Waals surface area contributed by atoms with Crippen LogP contribution in [0.1, 0.15) is 19.8 Å². The van der Waals surface area contributed by atoms with E-state index < -0.39 is 20.0 Å². The molecule has 5 rings (SSSR count). The summed E-state index contributed by atoms with van der Waals surface area (Å²) in [5.41, 5.74) is 0.951. The summed E-state index contributed by atoms with van der Waals surface area (Å²) >= 11 is 1.61. The standard InChI is InChI=1S/C23H28N4O4S3/c1-18-10-12-26(13-11-18)33(28,29)19-6-8-20(9-7-19)34(30,31)27-16-14-25(15-17-27)23-24-21-4-2-3-5-22(21)32-23/h2-9,18H,10-17H2,1H3. The zero-order chi connectivity index (χ0) is 23.9. The quantitative estimate of drug-likeness (QED) is 0.513. The maximum absolute atomic E-state index is 13.2. The molecule has 0 atom stereocenters. The van der Waals surface area contributed by atoms with E-state index >= 15 is 0 Å². The van der Waals surface area contributed by atoms with Gasteiger partial charge in [-0.25, -0.2) is 21.8 Å². The Kier molecular flexibility index (Phi) is 6.40. The van der Waals surface area contributed by atoms with E-state index in [1.165, 1.54) is 32.9 Å². The van der Waals surface area contributed by atoms with E-state index in [9.17, 15) is 16.8 Å². The average molecular weight is 521 g/mol. The van der Waals surface area contributed by atoms with Crippen molar-refractivity contribution >= 4 is 46.7 Å². The van der Waals surface area contributed by atoms with Crippen LogP contribution in [0.4, 0.5) is 5.13 Å². The molecule has 2 saturated heterocycles. The third-order valence-electron chi connectivity index (χ3n) is 6.63. The Morgan fingerprint density at radius 2 is 1.29 bits per heavy atom. The van der Waals surface area contributed by atoms with Crippen LogP contribution in [0.5, 0.6) is 0 Å². The van der Waals surface area contributed by atoms with E-state index in [1.54, 1.807) is 11.3 Å². The van der Waals surface area contributed by atoms with Crippen LogP contribution in [-0.2, 0) is 20.0 Å². The molecule has 2 fully saturated rings. The number of fused-ring (bicyclic) bond motifs is 1. The van der Waals surface area contributed by atoms with Crippen LogP contribution < -0.4 is 4.90 Å². The van der Waals surface area contributed by atoms with Crippen molar-refractivity contribution in [3.63, 3.8) is 0 Å². The topological polar surface area (TPSA) is 90.9 Å². The van der Waals surface area contributed by atoms with Crippen molar-refractivity contribution in [2.75, 3.05) is 44.2 Å². The number of hydrogen-bond donors (Lipinski definition) is 0. The minimum absolute atomic E-state index is 0.118. The van der Waals surface area contributed by atoms with E-state index in [2.05, 4.69) is 16.8 Å². The zero-order valence-electron chi connectivity index (χ0n) is 19.0. The number of hydrogen-bond acceptors (Lipinski definition) is 7. The van der Waals surface area contributed by atoms with Gasteiger partial charge in [0.05, 0.1) is 20.0 Å². The van der Waals surface area contributed by atoms with Gasteiger partial charge in [-0.15, -0.1) is 0 Å². The Morgan fingerprint density at radius 1 is 0.765 bits per heavy atom. The molecule has 0 radical (unpaired) electrons. The second kappa shape index (κ2) is 9.19. The summed E-state index contributed by atoms with van der Waals surface area (Å²) in [7, 11) is -7.31. The van der Waals surface area contributed by atoms with Crippen LogP contribution in [0.15, 0.2) is 58.3 Å². The fourth-order valence-electron chi connectivity index (χ4n) is 4.42. The maximum Gasteiger partial charge on any atom is 0.243 e. The second-order valence-corrected chi connectivity index (χ2v) is 13.8. The van der Waals surface area contributed by atoms with Crippen molar-refractivity contribution in [2.24, 2.45) is 5.92 Å². The molecule has 3 aromatic rings. The summed E-state index contributed by atoms with van der Waals surface area (Å²) in [5.74, 6) is 0.522. The molecule has 182 valence electrons. The van der Waals surface area contributed by atoms with E-state index in [0.717, 1.165) is 28.2 Å². The van der Waals surface area contributed by atoms with Gasteiger partial charge in [0.15, 0.2) is 5.13 Å². The highest BCUT2D eigenvalue weighted by atomic mass is 32.2. The Labute approximate surface area is 204 Å². The minimum atomic E-state index is -3.71. The lowest BCUT2D eigenvalue weighted by molar-refractivity contribution is 0.288. The number of rotatable bonds is 5. The predicted octanol–water partition coefficient (Wildman–Crippen LogP) is 3.23. The molecule has 0 bridgehead atoms. The third kappa shape index (κ3) is 4.47. The van der Waals surface area contributed by atoms with Crippen LogP contribution in [-0.4, -0.2) is 69.7 Å². The SMILES string of the molecule is CC1CCN(S(=O)(=O)c2ccc(S(=O)(=O)N3CCN(c4nc5ccccc5s4)CC3)cc2)CC1. The number of nitrogens with zero attached hydrogens (tertiary/aromatic N) is 4. The molecule has 8 nitrogen and oxygen atoms in total. The molecule has 0 unspecified atom stereocenters. The molecule has 3 heterocycles. The van der Waals surface area contributed by atoms with Gasteiger partial charge in [0, 0.05) is 39.3 Å². The van der Waals surface area contributed by atoms with Gasteiger partial charge in [-0.3, -0.25) is 0 Å². The maximum atomic E-state index is 13.2. The predicted molar refractivity (Wildman–Crippen MR) is 134 cm³/mol. The fourth-order valence-corrected chi connectivity index (χ4v) is 8.33. The molecule has 1 aromatic heterocycles. The van der Waals surface area contributed by atoms with Crippen molar-refractivity contribution in [3.8, 4) is 0 Å². The van der Waals surface area contributed by atoms with Gasteiger partial charge in [-0.1, -0.05) is 30.4 Å². The molecule has 0 amide bonds. The van der Waals surface area contributed by atoms with Crippen molar-refractivity contribution in [3.05, 3.63) is 48.5 Å². The number of benzene rings is 2. The van der Waals surface area contributed by atoms with Gasteiger partial charge in [-0.05, 0) is 55.2 Å². The number of anilines is 1. The Hall–Kier alpha value is -2.05. The van der Waals surface area contributed by atoms with Crippen molar-refractivity contribution in [1.29, 1.82) is 0 Å². The summed E-state index contributed by atoms with van der Waals surface area (Å²) in [6, 6.07) is 13.6. The lowest BCUT2D eigenvalue weighted by Gasteiger charge is -2.33. The average Bonchev–Trinajstić information content (AvgIpc) is 3.29. The van der Waals surface area contributed by atoms with Crippen LogP contribution in [0.3, 0.4) is 0 Å². The van der Waals surface area contributed by atoms with Crippen LogP contribution in [0.25, 0.3) is 10.2 Å². The Morgan fingerprint density at radius 3 is 1.85 bits per heavy atom. The molecule has 2 aliphatic heterocycles. The van der Waals surface area contributed by atoms with E-state index in [0.29, 0.717) is 45.2 Å². The molecule has 0 aliphatic carbocycles. The first-order valence-electron chi connectivity index (χ1n) is 11.5. The monoisotopic (exact) mass is 520 g/mol. The van der Waals surface area contributed by atoms with E-state index in [1.807, 2.05) is 24.3 Å². The molecule has 34 heavy (non-hydrogen) atoms. The lowest BCUT2D eigenvalue weighted by Crippen LogP contribution is -2.48. The first-order chi connectivity index (χ1) is 16.2. The summed E-state index contributed by atoms with van der Waals surface area (Å²) in [6.07, 6.45) is 1.68. The molecular weight excluding hydrogens is 492 g/mol. The molecule has 11 heteroatoms. The second-order valence-electron chi connectivity index (χ2n) is 8.91. The van der Waals surface area contributed by atoms with Crippen LogP contribution in [0.2, 0.25) is 0 Å². The van der Waals surface area contributed by atoms with Gasteiger partial charge < -0.3 is 4.90 Å². The molecule has 0 saturated carbocycles. The molecule has 2 aromatic carbocycles. The zero-order valence-corrected chi connectivity index (χ0v) is 21.4. The Bertz CT molecular complexity index is 1340. The van der Waals surface area contributed by atoms with Gasteiger partial charge in [0.2, 0.25) is 20.0 Å². The molecule has 2 aliphatic rings. The minimum Gasteiger partial charge on any atom is -0.345 e. The van der Waals surface area contributed by atoms with Crippen molar-refractivity contribution in [1.82, 2.24) is 13.6 Å². The van der Waals surface area contributed by atoms with Gasteiger partial charge in [-0.2, -0.15) is 8.61 Å². The van der Waals surface area contributed by atoms with E-state index in [-0.39, 0.29) is 9.79 Å². The summed E-state index contributed by atoms with van der Waals surface area (Å²) in [6.45, 7) is 4.94. The smallest absolute Gasteiger partial charge is 0.243 e. The highest BCUT2D eigenvalue weighted by Gasteiger charge is 2.31. The molecule has 0 N–H and O–H groups in total. The first kappa shape index (κ1) is 23.7. The highest BCUT2D eigenvalue weighted by molar-refractivity contribution is 7.89. The largest absolute Gasteiger partial charge is 0.345 e. The fraction of sp³-hybridized carbons (Fsp3) is 0.435. The van der Waals surface area contributed by atoms with Crippen LogP contribution >= 0.6 is 11.3 Å². The molecule has 0 spiro atoms. The number of thiazole rings is 1. The van der Waals surface area contributed by atoms with Gasteiger partial charge in [0.1, 0.15) is 0 Å². The normalized spacial score (nSPS) is 19.6. The van der Waals surface area contributed by atoms with Crippen molar-refractivity contribution in [2.45, 2.75) is 29.6 Å². The number of aromatic nitrogens is 1. The van der Waals surface area contributed by atoms with Crippen molar-refractivity contribution < 1.29 is 16.8 Å². The highest BCUT2D eigenvalue weighted by Crippen LogP contribution is 2.30. The number of piperazine rings is 1. The Balaban J connectivity index is 1.27. The van der Waals surface area contributed by atoms with Gasteiger partial charge >= 0.3 is 0 Å². The third-order valence-corrected chi connectivity index (χ3v) is 11.6.